The van der Waals surface area contributed by atoms with Gasteiger partial charge in [0.05, 0.1) is 3.79 Å². The van der Waals surface area contributed by atoms with Crippen LogP contribution in [-0.2, 0) is 6.54 Å². The Labute approximate surface area is 112 Å². The first kappa shape index (κ1) is 12.1. The second kappa shape index (κ2) is 5.80. The summed E-state index contributed by atoms with van der Waals surface area (Å²) in [6, 6.07) is 2.95. The number of halogens is 2. The van der Waals surface area contributed by atoms with E-state index in [0.29, 0.717) is 0 Å². The molecule has 1 saturated carbocycles. The number of nitrogens with one attached hydrogen (secondary N) is 1. The van der Waals surface area contributed by atoms with Crippen molar-refractivity contribution in [3.63, 3.8) is 0 Å². The Balaban J connectivity index is 1.81. The van der Waals surface area contributed by atoms with Crippen molar-refractivity contribution in [2.75, 3.05) is 0 Å². The van der Waals surface area contributed by atoms with Gasteiger partial charge in [-0.2, -0.15) is 0 Å². The van der Waals surface area contributed by atoms with Crippen LogP contribution in [0.4, 0.5) is 0 Å². The van der Waals surface area contributed by atoms with E-state index in [4.69, 9.17) is 0 Å². The van der Waals surface area contributed by atoms with E-state index < -0.39 is 0 Å². The molecule has 0 bridgehead atoms. The zero-order valence-corrected chi connectivity index (χ0v) is 12.6. The molecular formula is C11H15Br2NS. The molecule has 1 N–H and O–H groups in total. The lowest BCUT2D eigenvalue weighted by atomic mass is 9.95. The van der Waals surface area contributed by atoms with Crippen LogP contribution in [0.1, 0.15) is 37.0 Å². The standard InChI is InChI=1S/C11H15Br2NS/c12-10-6-9(15-11(10)13)7-14-8-4-2-1-3-5-8/h6,8,14H,1-5,7H2. The summed E-state index contributed by atoms with van der Waals surface area (Å²) in [7, 11) is 0. The van der Waals surface area contributed by atoms with Crippen molar-refractivity contribution in [2.45, 2.75) is 44.7 Å². The minimum atomic E-state index is 0.749. The van der Waals surface area contributed by atoms with E-state index in [-0.39, 0.29) is 0 Å². The molecule has 0 aliphatic heterocycles. The van der Waals surface area contributed by atoms with E-state index in [1.54, 1.807) is 0 Å². The fraction of sp³-hybridized carbons (Fsp3) is 0.636. The van der Waals surface area contributed by atoms with Crippen molar-refractivity contribution in [1.29, 1.82) is 0 Å². The van der Waals surface area contributed by atoms with E-state index in [2.05, 4.69) is 43.2 Å². The summed E-state index contributed by atoms with van der Waals surface area (Å²) in [5, 5.41) is 3.65. The predicted octanol–water partition coefficient (Wildman–Crippen LogP) is 4.70. The molecule has 0 amide bonds. The van der Waals surface area contributed by atoms with Gasteiger partial charge in [0, 0.05) is 21.9 Å². The molecule has 1 heterocycles. The first-order chi connectivity index (χ1) is 7.25. The molecule has 1 aliphatic rings. The molecule has 1 aliphatic carbocycles. The van der Waals surface area contributed by atoms with E-state index in [1.807, 2.05) is 11.3 Å². The summed E-state index contributed by atoms with van der Waals surface area (Å²) in [5.41, 5.74) is 0. The molecule has 0 spiro atoms. The predicted molar refractivity (Wildman–Crippen MR) is 73.4 cm³/mol. The van der Waals surface area contributed by atoms with Gasteiger partial charge in [-0.15, -0.1) is 11.3 Å². The van der Waals surface area contributed by atoms with Gasteiger partial charge in [0.1, 0.15) is 0 Å². The number of thiophene rings is 1. The highest BCUT2D eigenvalue weighted by Crippen LogP contribution is 2.32. The van der Waals surface area contributed by atoms with Crippen molar-refractivity contribution >= 4 is 43.2 Å². The molecule has 15 heavy (non-hydrogen) atoms. The van der Waals surface area contributed by atoms with Gasteiger partial charge in [-0.05, 0) is 50.8 Å². The highest BCUT2D eigenvalue weighted by atomic mass is 79.9. The van der Waals surface area contributed by atoms with Crippen LogP contribution in [0.5, 0.6) is 0 Å². The molecule has 2 rings (SSSR count). The lowest BCUT2D eigenvalue weighted by Gasteiger charge is -2.22. The SMILES string of the molecule is Brc1cc(CNC2CCCCC2)sc1Br. The molecule has 0 unspecified atom stereocenters. The van der Waals surface area contributed by atoms with Crippen LogP contribution in [0, 0.1) is 0 Å². The number of hydrogen-bond acceptors (Lipinski definition) is 2. The Morgan fingerprint density at radius 2 is 2.00 bits per heavy atom. The Morgan fingerprint density at radius 3 is 2.60 bits per heavy atom. The van der Waals surface area contributed by atoms with E-state index >= 15 is 0 Å². The number of hydrogen-bond donors (Lipinski definition) is 1. The highest BCUT2D eigenvalue weighted by molar-refractivity contribution is 9.13. The molecule has 1 aromatic rings. The maximum Gasteiger partial charge on any atom is 0.0843 e. The summed E-state index contributed by atoms with van der Waals surface area (Å²) >= 11 is 8.85. The zero-order valence-electron chi connectivity index (χ0n) is 8.56. The van der Waals surface area contributed by atoms with Gasteiger partial charge in [0.25, 0.3) is 0 Å². The normalized spacial score (nSPS) is 18.3. The Bertz CT molecular complexity index is 299. The molecule has 1 aromatic heterocycles. The van der Waals surface area contributed by atoms with E-state index in [1.165, 1.54) is 45.2 Å². The lowest BCUT2D eigenvalue weighted by Crippen LogP contribution is -2.30. The van der Waals surface area contributed by atoms with Crippen molar-refractivity contribution < 1.29 is 0 Å². The van der Waals surface area contributed by atoms with Crippen LogP contribution < -0.4 is 5.32 Å². The fourth-order valence-corrected chi connectivity index (χ4v) is 4.16. The van der Waals surface area contributed by atoms with Crippen molar-refractivity contribution in [2.24, 2.45) is 0 Å². The second-order valence-corrected chi connectivity index (χ2v) is 7.36. The minimum Gasteiger partial charge on any atom is -0.309 e. The second-order valence-electron chi connectivity index (χ2n) is 4.05. The van der Waals surface area contributed by atoms with E-state index in [9.17, 15) is 0 Å². The van der Waals surface area contributed by atoms with Crippen molar-refractivity contribution in [3.8, 4) is 0 Å². The smallest absolute Gasteiger partial charge is 0.0843 e. The van der Waals surface area contributed by atoms with Gasteiger partial charge in [0.15, 0.2) is 0 Å². The Kier molecular flexibility index (Phi) is 4.68. The molecule has 1 nitrogen and oxygen atoms in total. The maximum absolute atomic E-state index is 3.65. The summed E-state index contributed by atoms with van der Waals surface area (Å²) in [6.07, 6.45) is 6.93. The van der Waals surface area contributed by atoms with Gasteiger partial charge < -0.3 is 5.32 Å². The largest absolute Gasteiger partial charge is 0.309 e. The van der Waals surface area contributed by atoms with Crippen LogP contribution >= 0.6 is 43.2 Å². The van der Waals surface area contributed by atoms with E-state index in [0.717, 1.165) is 12.6 Å². The summed E-state index contributed by atoms with van der Waals surface area (Å²) < 4.78 is 2.37. The van der Waals surface area contributed by atoms with Crippen LogP contribution in [0.2, 0.25) is 0 Å². The third-order valence-corrected chi connectivity index (χ3v) is 6.12. The minimum absolute atomic E-state index is 0.749. The first-order valence-corrected chi connectivity index (χ1v) is 7.83. The topological polar surface area (TPSA) is 12.0 Å². The van der Waals surface area contributed by atoms with Gasteiger partial charge in [-0.3, -0.25) is 0 Å². The molecule has 0 saturated heterocycles. The molecule has 1 fully saturated rings. The van der Waals surface area contributed by atoms with Crippen molar-refractivity contribution in [1.82, 2.24) is 5.32 Å². The molecule has 0 aromatic carbocycles. The number of rotatable bonds is 3. The van der Waals surface area contributed by atoms with Crippen LogP contribution in [0.3, 0.4) is 0 Å². The van der Waals surface area contributed by atoms with Gasteiger partial charge >= 0.3 is 0 Å². The van der Waals surface area contributed by atoms with Crippen LogP contribution in [-0.4, -0.2) is 6.04 Å². The highest BCUT2D eigenvalue weighted by Gasteiger charge is 2.13. The van der Waals surface area contributed by atoms with Gasteiger partial charge in [0.2, 0.25) is 0 Å². The van der Waals surface area contributed by atoms with Crippen LogP contribution in [0.25, 0.3) is 0 Å². The Morgan fingerprint density at radius 1 is 1.27 bits per heavy atom. The molecule has 0 radical (unpaired) electrons. The monoisotopic (exact) mass is 351 g/mol. The average molecular weight is 353 g/mol. The first-order valence-electron chi connectivity index (χ1n) is 5.43. The molecular weight excluding hydrogens is 338 g/mol. The van der Waals surface area contributed by atoms with Gasteiger partial charge in [-0.1, -0.05) is 19.3 Å². The molecule has 0 atom stereocenters. The molecule has 84 valence electrons. The summed E-state index contributed by atoms with van der Waals surface area (Å²) in [4.78, 5) is 1.40. The summed E-state index contributed by atoms with van der Waals surface area (Å²) in [6.45, 7) is 1.01. The van der Waals surface area contributed by atoms with Crippen molar-refractivity contribution in [3.05, 3.63) is 19.2 Å². The fourth-order valence-electron chi connectivity index (χ4n) is 2.03. The maximum atomic E-state index is 3.65. The quantitative estimate of drug-likeness (QED) is 0.831. The zero-order chi connectivity index (χ0) is 10.7. The molecule has 4 heteroatoms. The lowest BCUT2D eigenvalue weighted by molar-refractivity contribution is 0.373. The summed E-state index contributed by atoms with van der Waals surface area (Å²) in [5.74, 6) is 0. The van der Waals surface area contributed by atoms with Gasteiger partial charge in [-0.25, -0.2) is 0 Å². The third-order valence-electron chi connectivity index (χ3n) is 2.87. The third kappa shape index (κ3) is 3.55. The average Bonchev–Trinajstić information content (AvgIpc) is 2.57. The van der Waals surface area contributed by atoms with Crippen LogP contribution in [0.15, 0.2) is 14.3 Å². The Hall–Kier alpha value is 0.620.